The topological polar surface area (TPSA) is 61.8 Å². The van der Waals surface area contributed by atoms with Gasteiger partial charge in [-0.1, -0.05) is 54.1 Å². The molecule has 0 spiro atoms. The van der Waals surface area contributed by atoms with Crippen molar-refractivity contribution in [3.05, 3.63) is 82.4 Å². The third-order valence-electron chi connectivity index (χ3n) is 4.70. The van der Waals surface area contributed by atoms with Gasteiger partial charge in [-0.15, -0.1) is 0 Å². The third-order valence-corrected chi connectivity index (χ3v) is 6.60. The van der Waals surface area contributed by atoms with E-state index < -0.39 is 9.84 Å². The van der Waals surface area contributed by atoms with Crippen LogP contribution in [0, 0.1) is 0 Å². The molecule has 0 aromatic heterocycles. The Labute approximate surface area is 187 Å². The average molecular weight is 459 g/mol. The number of halogens is 1. The lowest BCUT2D eigenvalue weighted by molar-refractivity contribution is 0.324. The van der Waals surface area contributed by atoms with Crippen molar-refractivity contribution in [3.63, 3.8) is 0 Å². The number of rotatable bonds is 8. The highest BCUT2D eigenvalue weighted by Gasteiger charge is 2.17. The minimum absolute atomic E-state index is 0.136. The van der Waals surface area contributed by atoms with Gasteiger partial charge in [0.05, 0.1) is 32.0 Å². The van der Waals surface area contributed by atoms with Crippen molar-refractivity contribution in [2.45, 2.75) is 10.6 Å². The number of benzene rings is 3. The molecule has 0 aliphatic carbocycles. The Morgan fingerprint density at radius 2 is 1.52 bits per heavy atom. The van der Waals surface area contributed by atoms with Crippen molar-refractivity contribution in [2.24, 2.45) is 0 Å². The van der Waals surface area contributed by atoms with Gasteiger partial charge in [0.1, 0.15) is 0 Å². The Morgan fingerprint density at radius 3 is 2.13 bits per heavy atom. The van der Waals surface area contributed by atoms with E-state index in [2.05, 4.69) is 0 Å². The van der Waals surface area contributed by atoms with Gasteiger partial charge >= 0.3 is 0 Å². The molecule has 0 amide bonds. The molecule has 0 radical (unpaired) electrons. The lowest BCUT2D eigenvalue weighted by Crippen LogP contribution is -2.06. The largest absolute Gasteiger partial charge is 0.493 e. The fourth-order valence-corrected chi connectivity index (χ4v) is 4.85. The molecule has 0 aliphatic heterocycles. The maximum absolute atomic E-state index is 12.9. The van der Waals surface area contributed by atoms with E-state index in [9.17, 15) is 8.42 Å². The summed E-state index contributed by atoms with van der Waals surface area (Å²) >= 11 is 5.97. The molecule has 5 nitrogen and oxygen atoms in total. The van der Waals surface area contributed by atoms with Crippen LogP contribution in [0.4, 0.5) is 0 Å². The highest BCUT2D eigenvalue weighted by Crippen LogP contribution is 2.38. The summed E-state index contributed by atoms with van der Waals surface area (Å²) in [6.45, 7) is 0. The molecule has 0 fully saturated rings. The standard InChI is InChI=1S/C24H23ClO5S/c1-28-22-13-17(14-23(29-2)24(22)30-3)11-12-18-7-4-5-8-19(18)16-31(26,27)21-10-6-9-20(25)15-21/h4-15H,16H2,1-3H3/b12-11-. The lowest BCUT2D eigenvalue weighted by Gasteiger charge is -2.13. The molecule has 0 bridgehead atoms. The summed E-state index contributed by atoms with van der Waals surface area (Å²) in [5, 5.41) is 0.386. The Kier molecular flexibility index (Phi) is 7.25. The van der Waals surface area contributed by atoms with Crippen molar-refractivity contribution >= 4 is 33.6 Å². The van der Waals surface area contributed by atoms with Gasteiger partial charge in [-0.25, -0.2) is 8.42 Å². The van der Waals surface area contributed by atoms with Crippen LogP contribution in [0.25, 0.3) is 12.2 Å². The minimum atomic E-state index is -3.55. The van der Waals surface area contributed by atoms with E-state index in [-0.39, 0.29) is 10.6 Å². The summed E-state index contributed by atoms with van der Waals surface area (Å²) in [6.07, 6.45) is 3.73. The molecule has 3 aromatic rings. The molecule has 0 N–H and O–H groups in total. The summed E-state index contributed by atoms with van der Waals surface area (Å²) < 4.78 is 41.9. The first-order valence-electron chi connectivity index (χ1n) is 9.42. The molecule has 0 heterocycles. The van der Waals surface area contributed by atoms with E-state index in [1.165, 1.54) is 6.07 Å². The van der Waals surface area contributed by atoms with Gasteiger partial charge < -0.3 is 14.2 Å². The Balaban J connectivity index is 1.93. The van der Waals surface area contributed by atoms with E-state index in [1.54, 1.807) is 45.6 Å². The predicted octanol–water partition coefficient (Wildman–Crippen LogP) is 5.51. The normalized spacial score (nSPS) is 11.5. The fraction of sp³-hybridized carbons (Fsp3) is 0.167. The second-order valence-electron chi connectivity index (χ2n) is 6.71. The first kappa shape index (κ1) is 22.7. The van der Waals surface area contributed by atoms with Crippen LogP contribution in [0.3, 0.4) is 0 Å². The Morgan fingerprint density at radius 1 is 0.839 bits per heavy atom. The molecular formula is C24H23ClO5S. The highest BCUT2D eigenvalue weighted by atomic mass is 35.5. The van der Waals surface area contributed by atoms with Crippen molar-refractivity contribution in [3.8, 4) is 17.2 Å². The van der Waals surface area contributed by atoms with Gasteiger partial charge in [-0.05, 0) is 47.0 Å². The zero-order chi connectivity index (χ0) is 22.4. The maximum atomic E-state index is 12.9. The second kappa shape index (κ2) is 9.90. The van der Waals surface area contributed by atoms with Crippen LogP contribution in [0.15, 0.2) is 65.6 Å². The number of hydrogen-bond donors (Lipinski definition) is 0. The van der Waals surface area contributed by atoms with Gasteiger partial charge in [0.15, 0.2) is 21.3 Å². The molecule has 0 aliphatic rings. The SMILES string of the molecule is COc1cc(/C=C\c2ccccc2CS(=O)(=O)c2cccc(Cl)c2)cc(OC)c1OC. The zero-order valence-electron chi connectivity index (χ0n) is 17.5. The van der Waals surface area contributed by atoms with Crippen molar-refractivity contribution in [2.75, 3.05) is 21.3 Å². The monoisotopic (exact) mass is 458 g/mol. The van der Waals surface area contributed by atoms with Crippen LogP contribution >= 0.6 is 11.6 Å². The smallest absolute Gasteiger partial charge is 0.203 e. The zero-order valence-corrected chi connectivity index (χ0v) is 19.0. The highest BCUT2D eigenvalue weighted by molar-refractivity contribution is 7.90. The fourth-order valence-electron chi connectivity index (χ4n) is 3.16. The van der Waals surface area contributed by atoms with Crippen molar-refractivity contribution in [1.82, 2.24) is 0 Å². The molecule has 7 heteroatoms. The number of ether oxygens (including phenoxy) is 3. The average Bonchev–Trinajstić information content (AvgIpc) is 2.77. The maximum Gasteiger partial charge on any atom is 0.203 e. The molecule has 0 atom stereocenters. The quantitative estimate of drug-likeness (QED) is 0.416. The summed E-state index contributed by atoms with van der Waals surface area (Å²) in [5.74, 6) is 1.45. The molecule has 0 unspecified atom stereocenters. The molecule has 162 valence electrons. The summed E-state index contributed by atoms with van der Waals surface area (Å²) in [6, 6.07) is 17.3. The van der Waals surface area contributed by atoms with Crippen LogP contribution < -0.4 is 14.2 Å². The summed E-state index contributed by atoms with van der Waals surface area (Å²) in [4.78, 5) is 0.198. The van der Waals surface area contributed by atoms with Crippen molar-refractivity contribution in [1.29, 1.82) is 0 Å². The first-order chi connectivity index (χ1) is 14.9. The second-order valence-corrected chi connectivity index (χ2v) is 9.13. The van der Waals surface area contributed by atoms with Gasteiger partial charge in [0.25, 0.3) is 0 Å². The molecular weight excluding hydrogens is 436 g/mol. The van der Waals surface area contributed by atoms with E-state index >= 15 is 0 Å². The molecule has 31 heavy (non-hydrogen) atoms. The van der Waals surface area contributed by atoms with Crippen molar-refractivity contribution < 1.29 is 22.6 Å². The van der Waals surface area contributed by atoms with Crippen LogP contribution in [-0.2, 0) is 15.6 Å². The molecule has 0 saturated carbocycles. The lowest BCUT2D eigenvalue weighted by atomic mass is 10.1. The predicted molar refractivity (Wildman–Crippen MR) is 124 cm³/mol. The van der Waals surface area contributed by atoms with E-state index in [0.717, 1.165) is 11.1 Å². The summed E-state index contributed by atoms with van der Waals surface area (Å²) in [7, 11) is 1.11. The van der Waals surface area contributed by atoms with E-state index in [1.807, 2.05) is 42.5 Å². The van der Waals surface area contributed by atoms with Gasteiger partial charge in [0.2, 0.25) is 5.75 Å². The van der Waals surface area contributed by atoms with E-state index in [0.29, 0.717) is 27.8 Å². The number of hydrogen-bond acceptors (Lipinski definition) is 5. The number of methoxy groups -OCH3 is 3. The van der Waals surface area contributed by atoms with Crippen LogP contribution in [0.5, 0.6) is 17.2 Å². The molecule has 3 aromatic carbocycles. The van der Waals surface area contributed by atoms with Gasteiger partial charge in [-0.2, -0.15) is 0 Å². The van der Waals surface area contributed by atoms with Gasteiger partial charge in [0, 0.05) is 5.02 Å². The minimum Gasteiger partial charge on any atom is -0.493 e. The van der Waals surface area contributed by atoms with Crippen LogP contribution in [0.1, 0.15) is 16.7 Å². The van der Waals surface area contributed by atoms with E-state index in [4.69, 9.17) is 25.8 Å². The number of sulfone groups is 1. The van der Waals surface area contributed by atoms with Crippen LogP contribution in [-0.4, -0.2) is 29.7 Å². The summed E-state index contributed by atoms with van der Waals surface area (Å²) in [5.41, 5.74) is 2.30. The molecule has 0 saturated heterocycles. The first-order valence-corrected chi connectivity index (χ1v) is 11.5. The Bertz CT molecular complexity index is 1180. The van der Waals surface area contributed by atoms with Crippen LogP contribution in [0.2, 0.25) is 5.02 Å². The third kappa shape index (κ3) is 5.40. The Hall–Kier alpha value is -2.96. The van der Waals surface area contributed by atoms with Gasteiger partial charge in [-0.3, -0.25) is 0 Å². The molecule has 3 rings (SSSR count).